The number of pyridine rings is 2. The van der Waals surface area contributed by atoms with Crippen molar-refractivity contribution < 1.29 is 14.3 Å². The Morgan fingerprint density at radius 3 is 2.70 bits per heavy atom. The Balaban J connectivity index is 1.23. The van der Waals surface area contributed by atoms with Crippen LogP contribution in [0.25, 0.3) is 11.0 Å². The Labute approximate surface area is 254 Å². The first-order valence-corrected chi connectivity index (χ1v) is 15.7. The molecule has 1 aromatic carbocycles. The molecule has 0 radical (unpaired) electrons. The van der Waals surface area contributed by atoms with E-state index in [0.717, 1.165) is 55.6 Å². The highest BCUT2D eigenvalue weighted by Gasteiger charge is 2.40. The van der Waals surface area contributed by atoms with Crippen molar-refractivity contribution in [2.75, 3.05) is 25.1 Å². The number of rotatable bonds is 5. The van der Waals surface area contributed by atoms with E-state index in [4.69, 9.17) is 9.47 Å². The van der Waals surface area contributed by atoms with Gasteiger partial charge in [0, 0.05) is 57.0 Å². The SMILES string of the molecule is CCn1c(=O)cc(N2C[C@@H](C)N3Cc4cc(C5CC[C@@H](OC)[C@H](NC(=O)OC(C)(C)C)C5)ccc4[C@H]3C2)c2cccnc21. The molecule has 2 fully saturated rings. The lowest BCUT2D eigenvalue weighted by molar-refractivity contribution is 0.0181. The smallest absolute Gasteiger partial charge is 0.407 e. The molecule has 5 atom stereocenters. The molecule has 230 valence electrons. The molecule has 0 bridgehead atoms. The predicted molar refractivity (Wildman–Crippen MR) is 169 cm³/mol. The third-order valence-corrected chi connectivity index (χ3v) is 9.49. The minimum atomic E-state index is -0.543. The van der Waals surface area contributed by atoms with Gasteiger partial charge in [-0.2, -0.15) is 0 Å². The summed E-state index contributed by atoms with van der Waals surface area (Å²) in [5, 5.41) is 4.12. The van der Waals surface area contributed by atoms with Crippen molar-refractivity contribution in [1.82, 2.24) is 19.8 Å². The van der Waals surface area contributed by atoms with Crippen LogP contribution < -0.4 is 15.8 Å². The number of fused-ring (bicyclic) bond motifs is 4. The number of aryl methyl sites for hydroxylation is 1. The summed E-state index contributed by atoms with van der Waals surface area (Å²) in [6, 6.07) is 13.3. The second kappa shape index (κ2) is 11.6. The van der Waals surface area contributed by atoms with E-state index in [-0.39, 0.29) is 29.8 Å². The van der Waals surface area contributed by atoms with Gasteiger partial charge in [0.1, 0.15) is 11.2 Å². The van der Waals surface area contributed by atoms with E-state index in [1.165, 1.54) is 16.7 Å². The first kappa shape index (κ1) is 29.6. The van der Waals surface area contributed by atoms with Crippen LogP contribution in [0.3, 0.4) is 0 Å². The molecule has 1 saturated heterocycles. The van der Waals surface area contributed by atoms with Crippen molar-refractivity contribution in [2.45, 2.75) is 103 Å². The second-order valence-electron chi connectivity index (χ2n) is 13.4. The van der Waals surface area contributed by atoms with Crippen LogP contribution in [0.4, 0.5) is 10.5 Å². The summed E-state index contributed by atoms with van der Waals surface area (Å²) < 4.78 is 13.0. The van der Waals surface area contributed by atoms with Gasteiger partial charge in [-0.15, -0.1) is 0 Å². The van der Waals surface area contributed by atoms with Crippen molar-refractivity contribution in [3.63, 3.8) is 0 Å². The van der Waals surface area contributed by atoms with Gasteiger partial charge < -0.3 is 19.7 Å². The number of carbonyl (C=O) groups excluding carboxylic acids is 1. The Morgan fingerprint density at radius 2 is 1.95 bits per heavy atom. The average Bonchev–Trinajstić information content (AvgIpc) is 3.34. The molecule has 3 aliphatic rings. The Hall–Kier alpha value is -3.43. The van der Waals surface area contributed by atoms with Crippen LogP contribution in [-0.2, 0) is 22.6 Å². The van der Waals surface area contributed by atoms with E-state index in [2.05, 4.69) is 51.3 Å². The first-order valence-electron chi connectivity index (χ1n) is 15.7. The number of piperazine rings is 1. The molecule has 43 heavy (non-hydrogen) atoms. The minimum absolute atomic E-state index is 0.00194. The van der Waals surface area contributed by atoms with Crippen molar-refractivity contribution >= 4 is 22.8 Å². The Morgan fingerprint density at radius 1 is 1.14 bits per heavy atom. The molecule has 1 N–H and O–H groups in total. The van der Waals surface area contributed by atoms with Gasteiger partial charge in [-0.25, -0.2) is 9.78 Å². The Kier molecular flexibility index (Phi) is 7.98. The van der Waals surface area contributed by atoms with Crippen molar-refractivity contribution in [3.05, 3.63) is 69.6 Å². The quantitative estimate of drug-likeness (QED) is 0.430. The summed E-state index contributed by atoms with van der Waals surface area (Å²) in [5.74, 6) is 0.340. The molecule has 1 amide bonds. The molecule has 2 aromatic heterocycles. The van der Waals surface area contributed by atoms with Crippen LogP contribution in [0, 0.1) is 0 Å². The van der Waals surface area contributed by atoms with E-state index in [1.54, 1.807) is 23.9 Å². The molecule has 9 nitrogen and oxygen atoms in total. The molecule has 4 heterocycles. The number of carbonyl (C=O) groups is 1. The lowest BCUT2D eigenvalue weighted by Crippen LogP contribution is -2.51. The van der Waals surface area contributed by atoms with E-state index in [0.29, 0.717) is 18.5 Å². The number of methoxy groups -OCH3 is 1. The van der Waals surface area contributed by atoms with E-state index < -0.39 is 5.60 Å². The topological polar surface area (TPSA) is 88.9 Å². The second-order valence-corrected chi connectivity index (χ2v) is 13.4. The number of hydrogen-bond acceptors (Lipinski definition) is 7. The summed E-state index contributed by atoms with van der Waals surface area (Å²) in [6.45, 7) is 13.1. The van der Waals surface area contributed by atoms with Crippen molar-refractivity contribution in [1.29, 1.82) is 0 Å². The fourth-order valence-electron chi connectivity index (χ4n) is 7.49. The van der Waals surface area contributed by atoms with Crippen LogP contribution >= 0.6 is 0 Å². The lowest BCUT2D eigenvalue weighted by atomic mass is 9.79. The molecular weight excluding hydrogens is 542 g/mol. The van der Waals surface area contributed by atoms with Crippen LogP contribution in [0.2, 0.25) is 0 Å². The number of alkyl carbamates (subject to hydrolysis) is 1. The van der Waals surface area contributed by atoms with Crippen LogP contribution in [0.5, 0.6) is 0 Å². The number of anilines is 1. The van der Waals surface area contributed by atoms with E-state index in [9.17, 15) is 9.59 Å². The number of nitrogens with one attached hydrogen (secondary N) is 1. The van der Waals surface area contributed by atoms with Crippen LogP contribution in [0.15, 0.2) is 47.4 Å². The van der Waals surface area contributed by atoms with Gasteiger partial charge >= 0.3 is 6.09 Å². The highest BCUT2D eigenvalue weighted by Crippen LogP contribution is 2.43. The van der Waals surface area contributed by atoms with Gasteiger partial charge in [0.05, 0.1) is 23.9 Å². The molecule has 1 saturated carbocycles. The zero-order valence-corrected chi connectivity index (χ0v) is 26.3. The highest BCUT2D eigenvalue weighted by molar-refractivity contribution is 5.89. The maximum atomic E-state index is 13.1. The van der Waals surface area contributed by atoms with E-state index in [1.807, 2.05) is 33.8 Å². The molecule has 0 spiro atoms. The Bertz CT molecular complexity index is 1560. The summed E-state index contributed by atoms with van der Waals surface area (Å²) >= 11 is 0. The summed E-state index contributed by atoms with van der Waals surface area (Å²) in [7, 11) is 1.72. The van der Waals surface area contributed by atoms with Crippen LogP contribution in [0.1, 0.15) is 82.5 Å². The minimum Gasteiger partial charge on any atom is -0.444 e. The maximum Gasteiger partial charge on any atom is 0.407 e. The molecule has 6 rings (SSSR count). The molecule has 1 aliphatic carbocycles. The predicted octanol–water partition coefficient (Wildman–Crippen LogP) is 5.36. The van der Waals surface area contributed by atoms with E-state index >= 15 is 0 Å². The average molecular weight is 588 g/mol. The third kappa shape index (κ3) is 5.77. The van der Waals surface area contributed by atoms with Gasteiger partial charge in [0.15, 0.2) is 0 Å². The van der Waals surface area contributed by atoms with Gasteiger partial charge in [-0.1, -0.05) is 18.2 Å². The standard InChI is InChI=1S/C34H45N5O4/c1-7-38-31(40)17-28(26-9-8-14-35-32(26)38)37-18-21(2)39-19-24-15-22(10-12-25(24)29(39)20-37)23-11-13-30(42-6)27(16-23)36-33(41)43-34(3,4)5/h8-10,12,14-15,17,21,23,27,29-30H,7,11,13,16,18-20H2,1-6H3,(H,36,41)/t21-,23?,27-,29-,30-/m1/s1. The third-order valence-electron chi connectivity index (χ3n) is 9.49. The fourth-order valence-corrected chi connectivity index (χ4v) is 7.49. The number of ether oxygens (including phenoxy) is 2. The number of hydrogen-bond donors (Lipinski definition) is 1. The number of aromatic nitrogens is 2. The maximum absolute atomic E-state index is 13.1. The molecule has 1 unspecified atom stereocenters. The molecular formula is C34H45N5O4. The largest absolute Gasteiger partial charge is 0.444 e. The summed E-state index contributed by atoms with van der Waals surface area (Å²) in [4.78, 5) is 35.2. The lowest BCUT2D eigenvalue weighted by Gasteiger charge is -2.43. The normalized spacial score (nSPS) is 25.8. The number of benzene rings is 1. The first-order chi connectivity index (χ1) is 20.6. The number of amides is 1. The highest BCUT2D eigenvalue weighted by atomic mass is 16.6. The van der Waals surface area contributed by atoms with Gasteiger partial charge in [-0.05, 0) is 88.6 Å². The van der Waals surface area contributed by atoms with Crippen molar-refractivity contribution in [3.8, 4) is 0 Å². The summed E-state index contributed by atoms with van der Waals surface area (Å²) in [5.41, 5.74) is 5.27. The van der Waals surface area contributed by atoms with Crippen molar-refractivity contribution in [2.24, 2.45) is 0 Å². The molecule has 9 heteroatoms. The zero-order valence-electron chi connectivity index (χ0n) is 26.3. The molecule has 3 aromatic rings. The van der Waals surface area contributed by atoms with Gasteiger partial charge in [0.2, 0.25) is 0 Å². The summed E-state index contributed by atoms with van der Waals surface area (Å²) in [6.07, 6.45) is 4.08. The monoisotopic (exact) mass is 587 g/mol. The van der Waals surface area contributed by atoms with Gasteiger partial charge in [0.25, 0.3) is 5.56 Å². The molecule has 2 aliphatic heterocycles. The van der Waals surface area contributed by atoms with Gasteiger partial charge in [-0.3, -0.25) is 14.3 Å². The zero-order chi connectivity index (χ0) is 30.5. The van der Waals surface area contributed by atoms with Crippen LogP contribution in [-0.4, -0.2) is 64.5 Å². The number of nitrogens with zero attached hydrogens (tertiary/aromatic N) is 4. The fraction of sp³-hybridized carbons (Fsp3) is 0.559.